The molecule has 2 aliphatic rings. The number of rotatable bonds is 6. The van der Waals surface area contributed by atoms with Crippen LogP contribution < -0.4 is 0 Å². The highest BCUT2D eigenvalue weighted by Gasteiger charge is 2.33. The SMILES string of the molecule is CCCCC1CCC(C(C)[C@H]2CC[C@H](c3ccc(C#N)c(F)c3F)CC2)CC1. The molecule has 154 valence electrons. The second kappa shape index (κ2) is 9.86. The van der Waals surface area contributed by atoms with Crippen molar-refractivity contribution in [1.29, 1.82) is 5.26 Å². The second-order valence-corrected chi connectivity index (χ2v) is 9.34. The quantitative estimate of drug-likeness (QED) is 0.489. The van der Waals surface area contributed by atoms with Crippen molar-refractivity contribution >= 4 is 0 Å². The first-order valence-electron chi connectivity index (χ1n) is 11.4. The molecule has 1 unspecified atom stereocenters. The van der Waals surface area contributed by atoms with Crippen LogP contribution in [0.5, 0.6) is 0 Å². The molecule has 0 bridgehead atoms. The van der Waals surface area contributed by atoms with Gasteiger partial charge in [0.1, 0.15) is 6.07 Å². The molecule has 3 rings (SSSR count). The third-order valence-electron chi connectivity index (χ3n) is 7.79. The van der Waals surface area contributed by atoms with Crippen LogP contribution in [0.4, 0.5) is 8.78 Å². The van der Waals surface area contributed by atoms with Gasteiger partial charge >= 0.3 is 0 Å². The summed E-state index contributed by atoms with van der Waals surface area (Å²) in [6.45, 7) is 4.71. The van der Waals surface area contributed by atoms with Crippen molar-refractivity contribution in [3.8, 4) is 6.07 Å². The standard InChI is InChI=1S/C25H35F2N/c1-3-4-5-18-6-8-19(9-7-18)17(2)20-10-12-21(13-11-20)23-15-14-22(16-28)24(26)25(23)27/h14-15,17-21H,3-13H2,1-2H3/t17?,18?,19?,20-,21-. The van der Waals surface area contributed by atoms with Crippen LogP contribution in [0.1, 0.15) is 102 Å². The summed E-state index contributed by atoms with van der Waals surface area (Å²) in [5.74, 6) is 1.58. The smallest absolute Gasteiger partial charge is 0.176 e. The molecule has 0 N–H and O–H groups in total. The Labute approximate surface area is 169 Å². The van der Waals surface area contributed by atoms with Crippen molar-refractivity contribution < 1.29 is 8.78 Å². The van der Waals surface area contributed by atoms with E-state index in [-0.39, 0.29) is 11.5 Å². The van der Waals surface area contributed by atoms with Crippen molar-refractivity contribution in [2.24, 2.45) is 23.7 Å². The zero-order chi connectivity index (χ0) is 20.1. The van der Waals surface area contributed by atoms with Crippen LogP contribution in [0.25, 0.3) is 0 Å². The van der Waals surface area contributed by atoms with Gasteiger partial charge in [-0.05, 0) is 79.7 Å². The fraction of sp³-hybridized carbons (Fsp3) is 0.720. The van der Waals surface area contributed by atoms with E-state index in [4.69, 9.17) is 5.26 Å². The lowest BCUT2D eigenvalue weighted by molar-refractivity contribution is 0.131. The van der Waals surface area contributed by atoms with Crippen LogP contribution in [-0.4, -0.2) is 0 Å². The first kappa shape index (κ1) is 21.3. The molecule has 2 fully saturated rings. The van der Waals surface area contributed by atoms with Crippen molar-refractivity contribution in [1.82, 2.24) is 0 Å². The Morgan fingerprint density at radius 1 is 0.964 bits per heavy atom. The zero-order valence-corrected chi connectivity index (χ0v) is 17.5. The van der Waals surface area contributed by atoms with Gasteiger partial charge in [0.25, 0.3) is 0 Å². The summed E-state index contributed by atoms with van der Waals surface area (Å²) in [6, 6.07) is 4.78. The number of benzene rings is 1. The summed E-state index contributed by atoms with van der Waals surface area (Å²) in [7, 11) is 0. The third kappa shape index (κ3) is 4.76. The normalized spacial score (nSPS) is 29.2. The molecule has 0 aliphatic heterocycles. The lowest BCUT2D eigenvalue weighted by Gasteiger charge is -2.39. The molecule has 1 atom stereocenters. The maximum absolute atomic E-state index is 14.4. The Kier molecular flexibility index (Phi) is 7.49. The van der Waals surface area contributed by atoms with Crippen LogP contribution in [0.3, 0.4) is 0 Å². The van der Waals surface area contributed by atoms with Gasteiger partial charge in [-0.1, -0.05) is 52.0 Å². The number of hydrogen-bond acceptors (Lipinski definition) is 1. The molecule has 0 amide bonds. The highest BCUT2D eigenvalue weighted by atomic mass is 19.2. The maximum atomic E-state index is 14.4. The molecular formula is C25H35F2N. The minimum atomic E-state index is -0.977. The van der Waals surface area contributed by atoms with Crippen molar-refractivity contribution in [2.75, 3.05) is 0 Å². The van der Waals surface area contributed by atoms with Gasteiger partial charge in [0.15, 0.2) is 11.6 Å². The van der Waals surface area contributed by atoms with E-state index in [1.165, 1.54) is 51.0 Å². The Hall–Kier alpha value is -1.43. The average Bonchev–Trinajstić information content (AvgIpc) is 2.74. The van der Waals surface area contributed by atoms with Gasteiger partial charge < -0.3 is 0 Å². The molecule has 0 spiro atoms. The molecule has 2 aliphatic carbocycles. The van der Waals surface area contributed by atoms with Gasteiger partial charge in [0.05, 0.1) is 5.56 Å². The number of halogens is 2. The summed E-state index contributed by atoms with van der Waals surface area (Å²) >= 11 is 0. The minimum Gasteiger partial charge on any atom is -0.203 e. The topological polar surface area (TPSA) is 23.8 Å². The van der Waals surface area contributed by atoms with E-state index < -0.39 is 11.6 Å². The largest absolute Gasteiger partial charge is 0.203 e. The highest BCUT2D eigenvalue weighted by molar-refractivity contribution is 5.36. The fourth-order valence-electron chi connectivity index (χ4n) is 5.80. The molecule has 0 aromatic heterocycles. The Morgan fingerprint density at radius 2 is 1.57 bits per heavy atom. The number of unbranched alkanes of at least 4 members (excludes halogenated alkanes) is 1. The van der Waals surface area contributed by atoms with E-state index in [1.54, 1.807) is 12.1 Å². The van der Waals surface area contributed by atoms with E-state index in [2.05, 4.69) is 13.8 Å². The molecule has 2 saturated carbocycles. The number of hydrogen-bond donors (Lipinski definition) is 0. The van der Waals surface area contributed by atoms with Gasteiger partial charge in [-0.15, -0.1) is 0 Å². The van der Waals surface area contributed by atoms with Crippen LogP contribution in [0.2, 0.25) is 0 Å². The van der Waals surface area contributed by atoms with Crippen molar-refractivity contribution in [2.45, 2.75) is 90.4 Å². The highest BCUT2D eigenvalue weighted by Crippen LogP contribution is 2.45. The first-order valence-corrected chi connectivity index (χ1v) is 11.4. The molecule has 1 aromatic rings. The number of nitrogens with zero attached hydrogens (tertiary/aromatic N) is 1. The van der Waals surface area contributed by atoms with Crippen molar-refractivity contribution in [3.63, 3.8) is 0 Å². The second-order valence-electron chi connectivity index (χ2n) is 9.34. The monoisotopic (exact) mass is 387 g/mol. The summed E-state index contributed by atoms with van der Waals surface area (Å²) in [5.41, 5.74) is 0.275. The first-order chi connectivity index (χ1) is 13.5. The molecule has 1 aromatic carbocycles. The molecule has 0 heterocycles. The van der Waals surface area contributed by atoms with E-state index >= 15 is 0 Å². The van der Waals surface area contributed by atoms with E-state index in [0.717, 1.165) is 49.4 Å². The molecular weight excluding hydrogens is 352 g/mol. The van der Waals surface area contributed by atoms with Gasteiger partial charge in [-0.2, -0.15) is 5.26 Å². The average molecular weight is 388 g/mol. The summed E-state index contributed by atoms with van der Waals surface area (Å²) < 4.78 is 28.4. The van der Waals surface area contributed by atoms with Crippen LogP contribution in [-0.2, 0) is 0 Å². The summed E-state index contributed by atoms with van der Waals surface area (Å²) in [5, 5.41) is 8.87. The number of nitriles is 1. The lowest BCUT2D eigenvalue weighted by atomic mass is 9.66. The molecule has 28 heavy (non-hydrogen) atoms. The van der Waals surface area contributed by atoms with Crippen LogP contribution in [0, 0.1) is 46.6 Å². The van der Waals surface area contributed by atoms with Gasteiger partial charge in [-0.25, -0.2) is 8.78 Å². The lowest BCUT2D eigenvalue weighted by Crippen LogP contribution is -2.28. The maximum Gasteiger partial charge on any atom is 0.176 e. The van der Waals surface area contributed by atoms with Crippen molar-refractivity contribution in [3.05, 3.63) is 34.9 Å². The summed E-state index contributed by atoms with van der Waals surface area (Å²) in [6.07, 6.45) is 13.8. The Morgan fingerprint density at radius 3 is 2.14 bits per heavy atom. The predicted molar refractivity (Wildman–Crippen MR) is 110 cm³/mol. The van der Waals surface area contributed by atoms with Crippen LogP contribution in [0.15, 0.2) is 12.1 Å². The van der Waals surface area contributed by atoms with Gasteiger partial charge in [-0.3, -0.25) is 0 Å². The van der Waals surface area contributed by atoms with E-state index in [0.29, 0.717) is 5.56 Å². The summed E-state index contributed by atoms with van der Waals surface area (Å²) in [4.78, 5) is 0. The minimum absolute atomic E-state index is 0.0930. The molecule has 3 heteroatoms. The molecule has 0 radical (unpaired) electrons. The fourth-order valence-corrected chi connectivity index (χ4v) is 5.80. The van der Waals surface area contributed by atoms with E-state index in [9.17, 15) is 8.78 Å². The third-order valence-corrected chi connectivity index (χ3v) is 7.79. The molecule has 0 saturated heterocycles. The van der Waals surface area contributed by atoms with Gasteiger partial charge in [0, 0.05) is 0 Å². The van der Waals surface area contributed by atoms with Gasteiger partial charge in [0.2, 0.25) is 0 Å². The molecule has 1 nitrogen and oxygen atoms in total. The Balaban J connectivity index is 1.52. The van der Waals surface area contributed by atoms with E-state index in [1.807, 2.05) is 0 Å². The Bertz CT molecular complexity index is 677. The predicted octanol–water partition coefficient (Wildman–Crippen LogP) is 7.74. The zero-order valence-electron chi connectivity index (χ0n) is 17.5. The van der Waals surface area contributed by atoms with Crippen LogP contribution >= 0.6 is 0 Å².